The second-order valence-electron chi connectivity index (χ2n) is 4.68. The maximum Gasteiger partial charge on any atom is 0.259 e. The summed E-state index contributed by atoms with van der Waals surface area (Å²) in [6, 6.07) is 4.16. The molecular weight excluding hydrogens is 314 g/mol. The number of aromatic nitrogens is 2. The van der Waals surface area contributed by atoms with Gasteiger partial charge in [0.05, 0.1) is 26.9 Å². The number of aromatic amines is 1. The van der Waals surface area contributed by atoms with Gasteiger partial charge in [-0.3, -0.25) is 9.89 Å². The lowest BCUT2D eigenvalue weighted by molar-refractivity contribution is 0.102. The van der Waals surface area contributed by atoms with Crippen LogP contribution in [0.2, 0.25) is 5.02 Å². The van der Waals surface area contributed by atoms with Gasteiger partial charge in [-0.1, -0.05) is 11.6 Å². The molecule has 0 unspecified atom stereocenters. The van der Waals surface area contributed by atoms with E-state index in [0.717, 1.165) is 6.26 Å². The molecule has 1 heterocycles. The smallest absolute Gasteiger partial charge is 0.259 e. The summed E-state index contributed by atoms with van der Waals surface area (Å²) in [6.45, 7) is 3.43. The van der Waals surface area contributed by atoms with Crippen LogP contribution < -0.4 is 5.32 Å². The normalized spacial score (nSPS) is 11.4. The van der Waals surface area contributed by atoms with Crippen molar-refractivity contribution in [1.82, 2.24) is 10.2 Å². The van der Waals surface area contributed by atoms with Crippen LogP contribution in [0.3, 0.4) is 0 Å². The fourth-order valence-electron chi connectivity index (χ4n) is 1.90. The van der Waals surface area contributed by atoms with Gasteiger partial charge in [-0.2, -0.15) is 5.10 Å². The van der Waals surface area contributed by atoms with E-state index in [4.69, 9.17) is 11.6 Å². The molecule has 1 amide bonds. The van der Waals surface area contributed by atoms with Crippen LogP contribution in [0.5, 0.6) is 0 Å². The van der Waals surface area contributed by atoms with E-state index in [9.17, 15) is 13.2 Å². The van der Waals surface area contributed by atoms with Gasteiger partial charge in [0.2, 0.25) is 0 Å². The van der Waals surface area contributed by atoms with Crippen LogP contribution in [0, 0.1) is 13.8 Å². The Morgan fingerprint density at radius 3 is 2.52 bits per heavy atom. The third-order valence-corrected chi connectivity index (χ3v) is 4.41. The number of nitrogens with one attached hydrogen (secondary N) is 2. The first-order chi connectivity index (χ1) is 9.70. The van der Waals surface area contributed by atoms with Crippen molar-refractivity contribution in [3.8, 4) is 0 Å². The number of hydrogen-bond donors (Lipinski definition) is 2. The number of H-pyrrole nitrogens is 1. The van der Waals surface area contributed by atoms with Crippen LogP contribution in [0.4, 0.5) is 5.69 Å². The van der Waals surface area contributed by atoms with Gasteiger partial charge in [-0.05, 0) is 32.0 Å². The molecule has 0 spiro atoms. The number of carbonyl (C=O) groups is 1. The zero-order chi connectivity index (χ0) is 15.8. The van der Waals surface area contributed by atoms with E-state index in [0.29, 0.717) is 17.0 Å². The molecule has 0 radical (unpaired) electrons. The van der Waals surface area contributed by atoms with Crippen molar-refractivity contribution in [1.29, 1.82) is 0 Å². The molecule has 0 saturated carbocycles. The highest BCUT2D eigenvalue weighted by Gasteiger charge is 2.17. The SMILES string of the molecule is Cc1n[nH]c(C)c1C(=O)Nc1cc(S(C)(=O)=O)ccc1Cl. The quantitative estimate of drug-likeness (QED) is 0.905. The minimum absolute atomic E-state index is 0.0860. The van der Waals surface area contributed by atoms with E-state index in [1.165, 1.54) is 18.2 Å². The minimum atomic E-state index is -3.38. The van der Waals surface area contributed by atoms with Crippen LogP contribution in [-0.4, -0.2) is 30.8 Å². The second kappa shape index (κ2) is 5.50. The molecule has 112 valence electrons. The molecule has 2 rings (SSSR count). The number of anilines is 1. The van der Waals surface area contributed by atoms with E-state index in [-0.39, 0.29) is 15.6 Å². The summed E-state index contributed by atoms with van der Waals surface area (Å²) in [5.74, 6) is -0.397. The van der Waals surface area contributed by atoms with Gasteiger partial charge in [0.15, 0.2) is 9.84 Å². The fourth-order valence-corrected chi connectivity index (χ4v) is 2.71. The molecule has 0 fully saturated rings. The predicted molar refractivity (Wildman–Crippen MR) is 80.6 cm³/mol. The third kappa shape index (κ3) is 3.25. The molecule has 2 aromatic rings. The van der Waals surface area contributed by atoms with Crippen LogP contribution >= 0.6 is 11.6 Å². The van der Waals surface area contributed by atoms with E-state index in [2.05, 4.69) is 15.5 Å². The molecule has 0 atom stereocenters. The van der Waals surface area contributed by atoms with Gasteiger partial charge in [0, 0.05) is 11.9 Å². The highest BCUT2D eigenvalue weighted by atomic mass is 35.5. The number of aryl methyl sites for hydroxylation is 2. The van der Waals surface area contributed by atoms with Gasteiger partial charge >= 0.3 is 0 Å². The lowest BCUT2D eigenvalue weighted by Gasteiger charge is -2.09. The molecule has 8 heteroatoms. The number of hydrogen-bond acceptors (Lipinski definition) is 4. The lowest BCUT2D eigenvalue weighted by Crippen LogP contribution is -2.14. The van der Waals surface area contributed by atoms with Crippen molar-refractivity contribution in [2.24, 2.45) is 0 Å². The van der Waals surface area contributed by atoms with E-state index in [1.807, 2.05) is 0 Å². The average molecular weight is 328 g/mol. The van der Waals surface area contributed by atoms with Crippen LogP contribution in [-0.2, 0) is 9.84 Å². The van der Waals surface area contributed by atoms with Crippen molar-refractivity contribution >= 4 is 33.0 Å². The topological polar surface area (TPSA) is 91.9 Å². The maximum atomic E-state index is 12.3. The Balaban J connectivity index is 2.38. The molecule has 0 aliphatic rings. The lowest BCUT2D eigenvalue weighted by atomic mass is 10.2. The van der Waals surface area contributed by atoms with E-state index in [1.54, 1.807) is 13.8 Å². The molecule has 0 saturated heterocycles. The summed E-state index contributed by atoms with van der Waals surface area (Å²) in [4.78, 5) is 12.3. The number of amides is 1. The molecule has 1 aromatic carbocycles. The number of rotatable bonds is 3. The number of benzene rings is 1. The highest BCUT2D eigenvalue weighted by Crippen LogP contribution is 2.26. The Morgan fingerprint density at radius 1 is 1.33 bits per heavy atom. The number of sulfone groups is 1. The third-order valence-electron chi connectivity index (χ3n) is 2.97. The Hall–Kier alpha value is -1.86. The highest BCUT2D eigenvalue weighted by molar-refractivity contribution is 7.90. The zero-order valence-corrected chi connectivity index (χ0v) is 13.3. The second-order valence-corrected chi connectivity index (χ2v) is 7.10. The average Bonchev–Trinajstić information content (AvgIpc) is 2.70. The van der Waals surface area contributed by atoms with Crippen LogP contribution in [0.1, 0.15) is 21.7 Å². The standard InChI is InChI=1S/C13H14ClN3O3S/c1-7-12(8(2)17-16-7)13(18)15-11-6-9(21(3,19)20)4-5-10(11)14/h4-6H,1-3H3,(H,15,18)(H,16,17). The monoisotopic (exact) mass is 327 g/mol. The van der Waals surface area contributed by atoms with Crippen molar-refractivity contribution in [2.45, 2.75) is 18.7 Å². The van der Waals surface area contributed by atoms with Crippen molar-refractivity contribution in [3.63, 3.8) is 0 Å². The minimum Gasteiger partial charge on any atom is -0.320 e. The van der Waals surface area contributed by atoms with Crippen molar-refractivity contribution < 1.29 is 13.2 Å². The molecule has 0 aliphatic heterocycles. The van der Waals surface area contributed by atoms with Gasteiger partial charge in [-0.25, -0.2) is 8.42 Å². The van der Waals surface area contributed by atoms with E-state index < -0.39 is 15.7 Å². The summed E-state index contributed by atoms with van der Waals surface area (Å²) in [5, 5.41) is 9.53. The number of halogens is 1. The summed E-state index contributed by atoms with van der Waals surface area (Å²) in [5.41, 5.74) is 1.83. The van der Waals surface area contributed by atoms with E-state index >= 15 is 0 Å². The molecular formula is C13H14ClN3O3S. The predicted octanol–water partition coefficient (Wildman–Crippen LogP) is 2.34. The number of carbonyl (C=O) groups excluding carboxylic acids is 1. The van der Waals surface area contributed by atoms with Crippen LogP contribution in [0.25, 0.3) is 0 Å². The molecule has 2 N–H and O–H groups in total. The first-order valence-corrected chi connectivity index (χ1v) is 8.29. The summed E-state index contributed by atoms with van der Waals surface area (Å²) >= 11 is 6.00. The van der Waals surface area contributed by atoms with Gasteiger partial charge in [0.1, 0.15) is 0 Å². The Morgan fingerprint density at radius 2 is 2.00 bits per heavy atom. The van der Waals surface area contributed by atoms with Crippen molar-refractivity contribution in [2.75, 3.05) is 11.6 Å². The number of nitrogens with zero attached hydrogens (tertiary/aromatic N) is 1. The first kappa shape index (κ1) is 15.5. The van der Waals surface area contributed by atoms with Gasteiger partial charge < -0.3 is 5.32 Å². The van der Waals surface area contributed by atoms with Crippen molar-refractivity contribution in [3.05, 3.63) is 40.2 Å². The first-order valence-electron chi connectivity index (χ1n) is 6.02. The molecule has 1 aromatic heterocycles. The summed E-state index contributed by atoms with van der Waals surface area (Å²) in [7, 11) is -3.38. The van der Waals surface area contributed by atoms with Gasteiger partial charge in [-0.15, -0.1) is 0 Å². The molecule has 0 aliphatic carbocycles. The zero-order valence-electron chi connectivity index (χ0n) is 11.7. The maximum absolute atomic E-state index is 12.3. The molecule has 6 nitrogen and oxygen atoms in total. The summed E-state index contributed by atoms with van der Waals surface area (Å²) in [6.07, 6.45) is 1.09. The van der Waals surface area contributed by atoms with Crippen LogP contribution in [0.15, 0.2) is 23.1 Å². The summed E-state index contributed by atoms with van der Waals surface area (Å²) < 4.78 is 23.1. The Bertz CT molecular complexity index is 793. The Labute approximate surface area is 127 Å². The Kier molecular flexibility index (Phi) is 4.06. The molecule has 21 heavy (non-hydrogen) atoms. The fraction of sp³-hybridized carbons (Fsp3) is 0.231. The largest absolute Gasteiger partial charge is 0.320 e. The molecule has 0 bridgehead atoms. The van der Waals surface area contributed by atoms with Gasteiger partial charge in [0.25, 0.3) is 5.91 Å².